The van der Waals surface area contributed by atoms with Crippen LogP contribution in [0.25, 0.3) is 11.0 Å². The first-order chi connectivity index (χ1) is 14.8. The second-order valence-corrected chi connectivity index (χ2v) is 8.49. The van der Waals surface area contributed by atoms with Crippen molar-refractivity contribution in [3.63, 3.8) is 0 Å². The minimum Gasteiger partial charge on any atom is -0.337 e. The van der Waals surface area contributed by atoms with Gasteiger partial charge >= 0.3 is 6.18 Å². The highest BCUT2D eigenvalue weighted by atomic mass is 19.4. The van der Waals surface area contributed by atoms with Gasteiger partial charge in [-0.1, -0.05) is 6.92 Å². The van der Waals surface area contributed by atoms with E-state index in [4.69, 9.17) is 0 Å². The van der Waals surface area contributed by atoms with Gasteiger partial charge in [-0.15, -0.1) is 0 Å². The molecule has 1 N–H and O–H groups in total. The topological polar surface area (TPSA) is 72.7 Å². The van der Waals surface area contributed by atoms with E-state index in [0.29, 0.717) is 28.5 Å². The molecule has 6 nitrogen and oxygen atoms in total. The highest BCUT2D eigenvalue weighted by Crippen LogP contribution is 2.62. The number of pyridine rings is 1. The lowest BCUT2D eigenvalue weighted by atomic mass is 10.0. The van der Waals surface area contributed by atoms with Gasteiger partial charge in [0.15, 0.2) is 5.69 Å². The van der Waals surface area contributed by atoms with Crippen LogP contribution in [0.15, 0.2) is 24.5 Å². The van der Waals surface area contributed by atoms with Crippen molar-refractivity contribution in [1.29, 1.82) is 0 Å². The number of nitrogens with zero attached hydrogens (tertiary/aromatic N) is 4. The molecule has 0 unspecified atom stereocenters. The number of hydrogen-bond acceptors (Lipinski definition) is 4. The quantitative estimate of drug-likeness (QED) is 0.559. The smallest absolute Gasteiger partial charge is 0.337 e. The molecule has 3 aromatic heterocycles. The molecule has 32 heavy (non-hydrogen) atoms. The van der Waals surface area contributed by atoms with Crippen LogP contribution in [0.2, 0.25) is 0 Å². The summed E-state index contributed by atoms with van der Waals surface area (Å²) in [7, 11) is 0. The summed E-state index contributed by atoms with van der Waals surface area (Å²) < 4.78 is 66.7. The molecule has 0 radical (unpaired) electrons. The van der Waals surface area contributed by atoms with Crippen molar-refractivity contribution in [3.05, 3.63) is 47.2 Å². The van der Waals surface area contributed by atoms with Crippen molar-refractivity contribution >= 4 is 22.8 Å². The Balaban J connectivity index is 1.55. The molecule has 1 aliphatic carbocycles. The Morgan fingerprint density at radius 3 is 2.44 bits per heavy atom. The summed E-state index contributed by atoms with van der Waals surface area (Å²) >= 11 is 0. The number of carbonyl (C=O) groups excluding carboxylic acids is 1. The maximum atomic E-state index is 13.4. The number of fused-ring (bicyclic) bond motifs is 1. The van der Waals surface area contributed by atoms with E-state index < -0.39 is 29.1 Å². The highest BCUT2D eigenvalue weighted by Gasteiger charge is 2.68. The molecule has 1 amide bonds. The van der Waals surface area contributed by atoms with Gasteiger partial charge in [0.05, 0.1) is 35.7 Å². The highest BCUT2D eigenvalue weighted by molar-refractivity contribution is 5.93. The molecular weight excluding hydrogens is 433 g/mol. The first-order valence-electron chi connectivity index (χ1n) is 9.82. The number of carbonyl (C=O) groups is 1. The maximum absolute atomic E-state index is 13.4. The van der Waals surface area contributed by atoms with E-state index in [9.17, 15) is 26.7 Å². The normalized spacial score (nSPS) is 19.9. The summed E-state index contributed by atoms with van der Waals surface area (Å²) in [5, 5.41) is 2.61. The maximum Gasteiger partial charge on any atom is 0.434 e. The van der Waals surface area contributed by atoms with E-state index in [0.717, 1.165) is 11.9 Å². The van der Waals surface area contributed by atoms with Gasteiger partial charge in [-0.25, -0.2) is 18.7 Å². The van der Waals surface area contributed by atoms with Crippen LogP contribution in [0.1, 0.15) is 42.4 Å². The molecule has 4 rings (SSSR count). The fourth-order valence-corrected chi connectivity index (χ4v) is 3.65. The van der Waals surface area contributed by atoms with Gasteiger partial charge in [-0.05, 0) is 31.5 Å². The monoisotopic (exact) mass is 453 g/mol. The van der Waals surface area contributed by atoms with E-state index in [1.807, 2.05) is 11.5 Å². The Bertz CT molecular complexity index is 1200. The number of nitrogens with one attached hydrogen (secondary N) is 1. The fourth-order valence-electron chi connectivity index (χ4n) is 3.65. The lowest BCUT2D eigenvalue weighted by Gasteiger charge is -2.13. The van der Waals surface area contributed by atoms with Gasteiger partial charge in [-0.3, -0.25) is 9.78 Å². The molecule has 0 spiro atoms. The zero-order valence-corrected chi connectivity index (χ0v) is 17.5. The number of aromatic nitrogens is 4. The van der Waals surface area contributed by atoms with Crippen LogP contribution < -0.4 is 5.32 Å². The zero-order valence-electron chi connectivity index (χ0n) is 17.5. The molecule has 11 heteroatoms. The van der Waals surface area contributed by atoms with Crippen molar-refractivity contribution < 1.29 is 26.7 Å². The molecule has 3 aromatic rings. The van der Waals surface area contributed by atoms with Crippen molar-refractivity contribution in [2.24, 2.45) is 5.41 Å². The molecule has 1 saturated carbocycles. The molecule has 0 aliphatic heterocycles. The molecule has 1 fully saturated rings. The van der Waals surface area contributed by atoms with Crippen LogP contribution in [-0.2, 0) is 17.5 Å². The van der Waals surface area contributed by atoms with Crippen LogP contribution in [0.4, 0.5) is 27.8 Å². The average molecular weight is 453 g/mol. The standard InChI is InChI=1S/C21H20F5N5O/c1-11-4-15-14(29-18(11)30-17(32)6-19(3)10-20(19,22)23)5-12(2)31(15)9-13-7-28-16(8-27-13)21(24,25)26/h4-5,7-8H,6,9-10H2,1-3H3,(H,29,30,32)/t19-/m0/s1. The van der Waals surface area contributed by atoms with E-state index in [1.165, 1.54) is 6.92 Å². The molecule has 1 atom stereocenters. The number of amides is 1. The number of anilines is 1. The average Bonchev–Trinajstić information content (AvgIpc) is 3.02. The van der Waals surface area contributed by atoms with Gasteiger partial charge < -0.3 is 9.88 Å². The van der Waals surface area contributed by atoms with Gasteiger partial charge in [0, 0.05) is 24.0 Å². The Kier molecular flexibility index (Phi) is 4.98. The number of hydrogen-bond donors (Lipinski definition) is 1. The first kappa shape index (κ1) is 22.1. The van der Waals surface area contributed by atoms with Crippen LogP contribution in [0, 0.1) is 19.3 Å². The molecule has 0 bridgehead atoms. The summed E-state index contributed by atoms with van der Waals surface area (Å²) in [4.78, 5) is 24.0. The molecule has 1 aliphatic rings. The zero-order chi connectivity index (χ0) is 23.5. The van der Waals surface area contributed by atoms with Crippen LogP contribution >= 0.6 is 0 Å². The number of rotatable bonds is 5. The lowest BCUT2D eigenvalue weighted by Crippen LogP contribution is -2.20. The second-order valence-electron chi connectivity index (χ2n) is 8.49. The number of alkyl halides is 5. The van der Waals surface area contributed by atoms with Crippen molar-refractivity contribution in [3.8, 4) is 0 Å². The van der Waals surface area contributed by atoms with Crippen LogP contribution in [0.5, 0.6) is 0 Å². The van der Waals surface area contributed by atoms with Crippen molar-refractivity contribution in [1.82, 2.24) is 19.5 Å². The van der Waals surface area contributed by atoms with E-state index >= 15 is 0 Å². The summed E-state index contributed by atoms with van der Waals surface area (Å²) in [6.07, 6.45) is -3.40. The van der Waals surface area contributed by atoms with Gasteiger partial charge in [-0.2, -0.15) is 13.2 Å². The summed E-state index contributed by atoms with van der Waals surface area (Å²) in [6, 6.07) is 3.54. The molecule has 0 saturated heterocycles. The van der Waals surface area contributed by atoms with E-state index in [1.54, 1.807) is 19.1 Å². The Hall–Kier alpha value is -3.11. The minimum atomic E-state index is -4.56. The van der Waals surface area contributed by atoms with E-state index in [-0.39, 0.29) is 25.2 Å². The largest absolute Gasteiger partial charge is 0.434 e. The predicted octanol–water partition coefficient (Wildman–Crippen LogP) is 4.88. The lowest BCUT2D eigenvalue weighted by molar-refractivity contribution is -0.141. The van der Waals surface area contributed by atoms with Crippen molar-refractivity contribution in [2.75, 3.05) is 5.32 Å². The third kappa shape index (κ3) is 4.03. The summed E-state index contributed by atoms with van der Waals surface area (Å²) in [5.74, 6) is -3.08. The Morgan fingerprint density at radius 1 is 1.19 bits per heavy atom. The third-order valence-corrected chi connectivity index (χ3v) is 5.78. The van der Waals surface area contributed by atoms with Crippen LogP contribution in [0.3, 0.4) is 0 Å². The third-order valence-electron chi connectivity index (χ3n) is 5.78. The van der Waals surface area contributed by atoms with Crippen molar-refractivity contribution in [2.45, 2.75) is 52.3 Å². The van der Waals surface area contributed by atoms with Gasteiger partial charge in [0.2, 0.25) is 5.91 Å². The number of halogens is 5. The van der Waals surface area contributed by atoms with Gasteiger partial charge in [0.1, 0.15) is 5.82 Å². The Labute approximate surface area is 179 Å². The molecule has 0 aromatic carbocycles. The summed E-state index contributed by atoms with van der Waals surface area (Å²) in [6.45, 7) is 5.09. The summed E-state index contributed by atoms with van der Waals surface area (Å²) in [5.41, 5.74) is 0.598. The predicted molar refractivity (Wildman–Crippen MR) is 106 cm³/mol. The minimum absolute atomic E-state index is 0.181. The SMILES string of the molecule is Cc1cc2c(cc(C)n2Cc2cnc(C(F)(F)F)cn2)nc1NC(=O)C[C@@]1(C)CC1(F)F. The number of aryl methyl sites for hydroxylation is 2. The molecule has 3 heterocycles. The van der Waals surface area contributed by atoms with E-state index in [2.05, 4.69) is 20.3 Å². The van der Waals surface area contributed by atoms with Crippen LogP contribution in [-0.4, -0.2) is 31.3 Å². The Morgan fingerprint density at radius 2 is 1.88 bits per heavy atom. The fraction of sp³-hybridized carbons (Fsp3) is 0.429. The molecular formula is C21H20F5N5O. The van der Waals surface area contributed by atoms with Gasteiger partial charge in [0.25, 0.3) is 5.92 Å². The first-order valence-corrected chi connectivity index (χ1v) is 9.82. The molecule has 170 valence electrons. The second kappa shape index (κ2) is 7.21.